The molecule has 10 nitrogen and oxygen atoms in total. The Hall–Kier alpha value is -4.21. The minimum Gasteiger partial charge on any atom is -0.467 e. The number of carbonyl (C=O) groups is 3. The second kappa shape index (κ2) is 8.97. The van der Waals surface area contributed by atoms with Crippen molar-refractivity contribution >= 4 is 17.8 Å². The van der Waals surface area contributed by atoms with Crippen molar-refractivity contribution < 1.29 is 23.9 Å². The lowest BCUT2D eigenvalue weighted by Gasteiger charge is -2.41. The number of hydrogen-bond donors (Lipinski definition) is 2. The Bertz CT molecular complexity index is 1170. The zero-order valence-corrected chi connectivity index (χ0v) is 18.3. The molecule has 0 unspecified atom stereocenters. The molecule has 0 radical (unpaired) electrons. The first-order valence-electron chi connectivity index (χ1n) is 11.1. The van der Waals surface area contributed by atoms with Crippen molar-refractivity contribution in [2.24, 2.45) is 5.92 Å². The molecule has 1 aliphatic carbocycles. The summed E-state index contributed by atoms with van der Waals surface area (Å²) in [6.45, 7) is 0. The van der Waals surface area contributed by atoms with E-state index >= 15 is 0 Å². The van der Waals surface area contributed by atoms with Crippen LogP contribution in [-0.2, 0) is 9.59 Å². The molecule has 0 bridgehead atoms. The van der Waals surface area contributed by atoms with E-state index in [4.69, 9.17) is 9.47 Å². The number of rotatable bonds is 6. The summed E-state index contributed by atoms with van der Waals surface area (Å²) < 4.78 is 13.7. The first kappa shape index (κ1) is 21.6. The average Bonchev–Trinajstić information content (AvgIpc) is 3.39. The van der Waals surface area contributed by atoms with Crippen molar-refractivity contribution in [1.29, 1.82) is 0 Å². The molecule has 3 aromatic rings. The van der Waals surface area contributed by atoms with Crippen molar-refractivity contribution in [3.63, 3.8) is 0 Å². The van der Waals surface area contributed by atoms with Gasteiger partial charge < -0.3 is 9.47 Å². The van der Waals surface area contributed by atoms with Gasteiger partial charge in [-0.2, -0.15) is 0 Å². The van der Waals surface area contributed by atoms with E-state index in [1.807, 2.05) is 24.3 Å². The summed E-state index contributed by atoms with van der Waals surface area (Å²) in [5.74, 6) is -0.240. The van der Waals surface area contributed by atoms with E-state index in [2.05, 4.69) is 20.8 Å². The van der Waals surface area contributed by atoms with Crippen molar-refractivity contribution in [2.75, 3.05) is 0 Å². The van der Waals surface area contributed by atoms with Gasteiger partial charge in [0, 0.05) is 11.6 Å². The highest BCUT2D eigenvalue weighted by Crippen LogP contribution is 2.38. The number of carbonyl (C=O) groups excluding carboxylic acids is 3. The molecule has 174 valence electrons. The van der Waals surface area contributed by atoms with Crippen LogP contribution >= 0.6 is 0 Å². The second-order valence-corrected chi connectivity index (χ2v) is 8.35. The number of benzene rings is 2. The van der Waals surface area contributed by atoms with E-state index < -0.39 is 23.4 Å². The van der Waals surface area contributed by atoms with Crippen LogP contribution in [0.1, 0.15) is 32.1 Å². The first-order valence-corrected chi connectivity index (χ1v) is 11.1. The molecule has 2 N–H and O–H groups in total. The van der Waals surface area contributed by atoms with Gasteiger partial charge in [0.1, 0.15) is 29.9 Å². The van der Waals surface area contributed by atoms with Gasteiger partial charge in [-0.05, 0) is 61.4 Å². The number of hydrogen-bond acceptors (Lipinski definition) is 7. The van der Waals surface area contributed by atoms with E-state index in [9.17, 15) is 14.4 Å². The van der Waals surface area contributed by atoms with Crippen LogP contribution in [0.3, 0.4) is 0 Å². The van der Waals surface area contributed by atoms with Gasteiger partial charge in [0.25, 0.3) is 17.4 Å². The monoisotopic (exact) mass is 461 g/mol. The Labute approximate surface area is 195 Å². The Balaban J connectivity index is 1.33. The summed E-state index contributed by atoms with van der Waals surface area (Å²) in [7, 11) is 0. The second-order valence-electron chi connectivity index (χ2n) is 8.35. The van der Waals surface area contributed by atoms with Gasteiger partial charge in [-0.15, -0.1) is 10.2 Å². The van der Waals surface area contributed by atoms with Crippen molar-refractivity contribution in [3.8, 4) is 22.9 Å². The van der Waals surface area contributed by atoms with Crippen LogP contribution in [0.2, 0.25) is 0 Å². The minimum absolute atomic E-state index is 0.325. The molecule has 2 aromatic carbocycles. The summed E-state index contributed by atoms with van der Waals surface area (Å²) >= 11 is 0. The summed E-state index contributed by atoms with van der Waals surface area (Å²) in [6.07, 6.45) is 7.39. The normalized spacial score (nSPS) is 18.2. The van der Waals surface area contributed by atoms with Gasteiger partial charge >= 0.3 is 6.03 Å². The smallest absolute Gasteiger partial charge is 0.328 e. The lowest BCUT2D eigenvalue weighted by Crippen LogP contribution is -2.72. The molecule has 34 heavy (non-hydrogen) atoms. The molecular formula is C24H23N5O5. The molecule has 1 aliphatic heterocycles. The maximum Gasteiger partial charge on any atom is 0.328 e. The van der Waals surface area contributed by atoms with Crippen molar-refractivity contribution in [3.05, 3.63) is 61.2 Å². The molecule has 1 saturated carbocycles. The lowest BCUT2D eigenvalue weighted by molar-refractivity contribution is -0.158. The highest BCUT2D eigenvalue weighted by Gasteiger charge is 2.58. The Kier molecular flexibility index (Phi) is 5.70. The summed E-state index contributed by atoms with van der Waals surface area (Å²) in [5.41, 5.74) is -0.883. The van der Waals surface area contributed by atoms with E-state index in [-0.39, 0.29) is 5.92 Å². The number of barbiturate groups is 1. The maximum absolute atomic E-state index is 12.9. The fourth-order valence-corrected chi connectivity index (χ4v) is 4.50. The quantitative estimate of drug-likeness (QED) is 0.541. The van der Waals surface area contributed by atoms with Crippen molar-refractivity contribution in [1.82, 2.24) is 25.4 Å². The van der Waals surface area contributed by atoms with Crippen LogP contribution in [0.4, 0.5) is 4.79 Å². The largest absolute Gasteiger partial charge is 0.467 e. The average molecular weight is 461 g/mol. The summed E-state index contributed by atoms with van der Waals surface area (Å²) in [5, 5.41) is 12.0. The molecule has 0 atom stereocenters. The Morgan fingerprint density at radius 1 is 0.765 bits per heavy atom. The van der Waals surface area contributed by atoms with Crippen LogP contribution in [0.25, 0.3) is 5.69 Å². The Morgan fingerprint density at radius 3 is 1.88 bits per heavy atom. The molecular weight excluding hydrogens is 438 g/mol. The van der Waals surface area contributed by atoms with Gasteiger partial charge in [-0.1, -0.05) is 19.3 Å². The predicted octanol–water partition coefficient (Wildman–Crippen LogP) is 3.12. The van der Waals surface area contributed by atoms with Crippen LogP contribution in [0, 0.1) is 5.92 Å². The fraction of sp³-hybridized carbons (Fsp3) is 0.292. The standard InChI is InChI=1S/C24H23N5O5/c30-21-24(16-4-2-1-3-5-16,22(31)28-23(32)27-21)34-20-12-10-19(11-13-20)33-18-8-6-17(7-9-18)29-14-25-26-15-29/h6-16H,1-5H2,(H2,27,28,30,31,32). The number of imide groups is 2. The number of ether oxygens (including phenoxy) is 2. The highest BCUT2D eigenvalue weighted by molar-refractivity contribution is 6.22. The van der Waals surface area contributed by atoms with E-state index in [0.29, 0.717) is 30.1 Å². The van der Waals surface area contributed by atoms with Gasteiger partial charge in [0.2, 0.25) is 0 Å². The molecule has 2 fully saturated rings. The predicted molar refractivity (Wildman–Crippen MR) is 119 cm³/mol. The zero-order valence-electron chi connectivity index (χ0n) is 18.3. The van der Waals surface area contributed by atoms with Crippen LogP contribution < -0.4 is 20.1 Å². The number of nitrogens with zero attached hydrogens (tertiary/aromatic N) is 3. The van der Waals surface area contributed by atoms with Crippen LogP contribution in [0.15, 0.2) is 61.2 Å². The fourth-order valence-electron chi connectivity index (χ4n) is 4.50. The number of amides is 4. The summed E-state index contributed by atoms with van der Waals surface area (Å²) in [6, 6.07) is 13.3. The topological polar surface area (TPSA) is 124 Å². The van der Waals surface area contributed by atoms with Crippen LogP contribution in [-0.4, -0.2) is 38.2 Å². The SMILES string of the molecule is O=C1NC(=O)C(Oc2ccc(Oc3ccc(-n4cnnc4)cc3)cc2)(C2CCCCC2)C(=O)N1. The molecule has 2 heterocycles. The van der Waals surface area contributed by atoms with E-state index in [1.54, 1.807) is 41.5 Å². The lowest BCUT2D eigenvalue weighted by atomic mass is 9.75. The molecule has 5 rings (SSSR count). The maximum atomic E-state index is 12.9. The molecule has 1 aromatic heterocycles. The first-order chi connectivity index (χ1) is 16.5. The molecule has 2 aliphatic rings. The van der Waals surface area contributed by atoms with E-state index in [0.717, 1.165) is 24.9 Å². The van der Waals surface area contributed by atoms with Gasteiger partial charge in [-0.3, -0.25) is 24.8 Å². The molecule has 4 amide bonds. The van der Waals surface area contributed by atoms with Gasteiger partial charge in [-0.25, -0.2) is 4.79 Å². The third kappa shape index (κ3) is 4.09. The van der Waals surface area contributed by atoms with Crippen LogP contribution in [0.5, 0.6) is 17.2 Å². The molecule has 1 saturated heterocycles. The number of nitrogens with one attached hydrogen (secondary N) is 2. The minimum atomic E-state index is -1.78. The highest BCUT2D eigenvalue weighted by atomic mass is 16.5. The zero-order chi connectivity index (χ0) is 23.5. The van der Waals surface area contributed by atoms with E-state index in [1.165, 1.54) is 0 Å². The third-order valence-corrected chi connectivity index (χ3v) is 6.20. The number of aromatic nitrogens is 3. The Morgan fingerprint density at radius 2 is 1.29 bits per heavy atom. The van der Waals surface area contributed by atoms with Gasteiger partial charge in [0.15, 0.2) is 0 Å². The molecule has 0 spiro atoms. The summed E-state index contributed by atoms with van der Waals surface area (Å²) in [4.78, 5) is 37.5. The third-order valence-electron chi connectivity index (χ3n) is 6.20. The van der Waals surface area contributed by atoms with Gasteiger partial charge in [0.05, 0.1) is 0 Å². The molecule has 10 heteroatoms. The number of urea groups is 1. The van der Waals surface area contributed by atoms with Crippen molar-refractivity contribution in [2.45, 2.75) is 37.7 Å².